The number of halogens is 1. The Labute approximate surface area is 175 Å². The number of carbonyl (C=O) groups excluding carboxylic acids is 2. The molecule has 2 amide bonds. The average molecular weight is 416 g/mol. The number of anilines is 1. The fourth-order valence-electron chi connectivity index (χ4n) is 3.37. The third-order valence-corrected chi connectivity index (χ3v) is 5.49. The molecule has 0 atom stereocenters. The van der Waals surface area contributed by atoms with Crippen molar-refractivity contribution in [2.75, 3.05) is 38.0 Å². The Hall–Kier alpha value is -2.64. The van der Waals surface area contributed by atoms with Crippen LogP contribution in [0.25, 0.3) is 6.08 Å². The molecular weight excluding hydrogens is 390 g/mol. The van der Waals surface area contributed by atoms with Crippen molar-refractivity contribution in [2.45, 2.75) is 13.8 Å². The zero-order valence-corrected chi connectivity index (χ0v) is 17.7. The molecule has 1 fully saturated rings. The molecule has 3 rings (SSSR count). The van der Waals surface area contributed by atoms with E-state index < -0.39 is 0 Å². The number of carbonyl (C=O) groups is 2. The highest BCUT2D eigenvalue weighted by Crippen LogP contribution is 2.20. The summed E-state index contributed by atoms with van der Waals surface area (Å²) < 4.78 is 1.81. The van der Waals surface area contributed by atoms with Gasteiger partial charge in [0.2, 0.25) is 11.8 Å². The highest BCUT2D eigenvalue weighted by Gasteiger charge is 2.21. The van der Waals surface area contributed by atoms with Crippen molar-refractivity contribution in [2.24, 2.45) is 7.05 Å². The maximum absolute atomic E-state index is 12.5. The van der Waals surface area contributed by atoms with Gasteiger partial charge in [-0.15, -0.1) is 0 Å². The largest absolute Gasteiger partial charge is 0.337 e. The van der Waals surface area contributed by atoms with Gasteiger partial charge in [0.1, 0.15) is 0 Å². The topological polar surface area (TPSA) is 70.5 Å². The van der Waals surface area contributed by atoms with Crippen molar-refractivity contribution in [3.63, 3.8) is 0 Å². The van der Waals surface area contributed by atoms with E-state index in [9.17, 15) is 9.59 Å². The molecule has 1 aliphatic rings. The molecule has 0 aliphatic carbocycles. The maximum atomic E-state index is 12.5. The molecular formula is C21H26ClN5O2. The predicted octanol–water partition coefficient (Wildman–Crippen LogP) is 2.49. The van der Waals surface area contributed by atoms with E-state index in [1.54, 1.807) is 23.1 Å². The van der Waals surface area contributed by atoms with E-state index in [0.29, 0.717) is 36.9 Å². The summed E-state index contributed by atoms with van der Waals surface area (Å²) in [5.74, 6) is -0.131. The summed E-state index contributed by atoms with van der Waals surface area (Å²) in [6.45, 7) is 6.68. The molecule has 1 saturated heterocycles. The lowest BCUT2D eigenvalue weighted by atomic mass is 10.2. The Morgan fingerprint density at radius 3 is 2.48 bits per heavy atom. The third-order valence-electron chi connectivity index (χ3n) is 5.16. The Kier molecular flexibility index (Phi) is 6.71. The van der Waals surface area contributed by atoms with E-state index >= 15 is 0 Å². The summed E-state index contributed by atoms with van der Waals surface area (Å²) in [6.07, 6.45) is 3.44. The van der Waals surface area contributed by atoms with Crippen LogP contribution < -0.4 is 5.32 Å². The second-order valence-corrected chi connectivity index (χ2v) is 7.58. The lowest BCUT2D eigenvalue weighted by Crippen LogP contribution is -2.50. The Balaban J connectivity index is 1.48. The average Bonchev–Trinajstić information content (AvgIpc) is 2.94. The van der Waals surface area contributed by atoms with Crippen molar-refractivity contribution in [3.8, 4) is 0 Å². The van der Waals surface area contributed by atoms with Gasteiger partial charge in [0, 0.05) is 50.6 Å². The molecule has 29 heavy (non-hydrogen) atoms. The second-order valence-electron chi connectivity index (χ2n) is 7.17. The number of nitrogens with one attached hydrogen (secondary N) is 1. The van der Waals surface area contributed by atoms with Crippen LogP contribution >= 0.6 is 11.6 Å². The molecule has 2 heterocycles. The lowest BCUT2D eigenvalue weighted by Gasteiger charge is -2.33. The van der Waals surface area contributed by atoms with Crippen LogP contribution in [-0.2, 0) is 16.6 Å². The van der Waals surface area contributed by atoms with Crippen molar-refractivity contribution in [3.05, 3.63) is 52.3 Å². The predicted molar refractivity (Wildman–Crippen MR) is 115 cm³/mol. The van der Waals surface area contributed by atoms with Gasteiger partial charge < -0.3 is 10.2 Å². The molecule has 0 spiro atoms. The molecule has 7 nitrogen and oxygen atoms in total. The summed E-state index contributed by atoms with van der Waals surface area (Å²) >= 11 is 6.08. The van der Waals surface area contributed by atoms with E-state index in [1.165, 1.54) is 0 Å². The van der Waals surface area contributed by atoms with E-state index in [0.717, 1.165) is 17.0 Å². The number of hydrogen-bond acceptors (Lipinski definition) is 4. The first-order valence-electron chi connectivity index (χ1n) is 9.59. The Morgan fingerprint density at radius 2 is 1.86 bits per heavy atom. The van der Waals surface area contributed by atoms with Crippen LogP contribution in [0, 0.1) is 13.8 Å². The molecule has 8 heteroatoms. The van der Waals surface area contributed by atoms with Crippen molar-refractivity contribution in [1.82, 2.24) is 19.6 Å². The van der Waals surface area contributed by atoms with Crippen LogP contribution in [0.15, 0.2) is 30.3 Å². The number of benzene rings is 1. The molecule has 0 unspecified atom stereocenters. The highest BCUT2D eigenvalue weighted by atomic mass is 35.5. The number of aryl methyl sites for hydroxylation is 2. The smallest absolute Gasteiger partial charge is 0.246 e. The van der Waals surface area contributed by atoms with Gasteiger partial charge in [-0.1, -0.05) is 23.7 Å². The highest BCUT2D eigenvalue weighted by molar-refractivity contribution is 6.33. The van der Waals surface area contributed by atoms with Gasteiger partial charge in [-0.05, 0) is 32.1 Å². The first-order valence-corrected chi connectivity index (χ1v) is 9.97. The SMILES string of the molecule is Cc1nn(C)c(C)c1/C=C/C(=O)N1CCN(CC(=O)Nc2ccccc2Cl)CC1. The number of amides is 2. The minimum atomic E-state index is -0.111. The van der Waals surface area contributed by atoms with Gasteiger partial charge in [0.25, 0.3) is 0 Å². The molecule has 0 bridgehead atoms. The van der Waals surface area contributed by atoms with Gasteiger partial charge in [-0.2, -0.15) is 5.10 Å². The monoisotopic (exact) mass is 415 g/mol. The molecule has 2 aromatic rings. The van der Waals surface area contributed by atoms with E-state index in [2.05, 4.69) is 10.4 Å². The zero-order valence-electron chi connectivity index (χ0n) is 17.0. The molecule has 1 aromatic carbocycles. The van der Waals surface area contributed by atoms with Gasteiger partial charge in [-0.25, -0.2) is 0 Å². The summed E-state index contributed by atoms with van der Waals surface area (Å²) in [6, 6.07) is 7.16. The maximum Gasteiger partial charge on any atom is 0.246 e. The fourth-order valence-corrected chi connectivity index (χ4v) is 3.56. The number of hydrogen-bond donors (Lipinski definition) is 1. The molecule has 0 radical (unpaired) electrons. The molecule has 1 aromatic heterocycles. The molecule has 0 saturated carbocycles. The van der Waals surface area contributed by atoms with Crippen molar-refractivity contribution >= 4 is 35.2 Å². The number of aromatic nitrogens is 2. The van der Waals surface area contributed by atoms with Gasteiger partial charge in [0.05, 0.1) is 22.9 Å². The summed E-state index contributed by atoms with van der Waals surface area (Å²) in [5, 5.41) is 7.71. The van der Waals surface area contributed by atoms with Crippen LogP contribution in [0.4, 0.5) is 5.69 Å². The van der Waals surface area contributed by atoms with E-state index in [1.807, 2.05) is 48.7 Å². The quantitative estimate of drug-likeness (QED) is 0.761. The van der Waals surface area contributed by atoms with Crippen LogP contribution in [0.3, 0.4) is 0 Å². The first-order chi connectivity index (χ1) is 13.8. The first kappa shape index (κ1) is 21.1. The number of nitrogens with zero attached hydrogens (tertiary/aromatic N) is 4. The van der Waals surface area contributed by atoms with Crippen LogP contribution in [0.1, 0.15) is 17.0 Å². The number of piperazine rings is 1. The molecule has 154 valence electrons. The van der Waals surface area contributed by atoms with E-state index in [4.69, 9.17) is 11.6 Å². The summed E-state index contributed by atoms with van der Waals surface area (Å²) in [5.41, 5.74) is 3.53. The van der Waals surface area contributed by atoms with Crippen molar-refractivity contribution in [1.29, 1.82) is 0 Å². The van der Waals surface area contributed by atoms with Crippen LogP contribution in [0.2, 0.25) is 5.02 Å². The number of para-hydroxylation sites is 1. The van der Waals surface area contributed by atoms with E-state index in [-0.39, 0.29) is 18.4 Å². The van der Waals surface area contributed by atoms with Gasteiger partial charge >= 0.3 is 0 Å². The van der Waals surface area contributed by atoms with Gasteiger partial charge in [-0.3, -0.25) is 19.2 Å². The minimum absolute atomic E-state index is 0.0205. The normalized spacial score (nSPS) is 15.1. The number of rotatable bonds is 5. The van der Waals surface area contributed by atoms with Crippen LogP contribution in [-0.4, -0.2) is 64.1 Å². The summed E-state index contributed by atoms with van der Waals surface area (Å²) in [4.78, 5) is 28.6. The molecule has 1 N–H and O–H groups in total. The lowest BCUT2D eigenvalue weighted by molar-refractivity contribution is -0.127. The minimum Gasteiger partial charge on any atom is -0.337 e. The standard InChI is InChI=1S/C21H26ClN5O2/c1-15-17(16(2)25(3)24-15)8-9-21(29)27-12-10-26(11-13-27)14-20(28)23-19-7-5-4-6-18(19)22/h4-9H,10-14H2,1-3H3,(H,23,28)/b9-8+. The third kappa shape index (κ3) is 5.25. The summed E-state index contributed by atoms with van der Waals surface area (Å²) in [7, 11) is 1.89. The second kappa shape index (κ2) is 9.24. The zero-order chi connectivity index (χ0) is 21.0. The molecule has 1 aliphatic heterocycles. The Bertz CT molecular complexity index is 929. The Morgan fingerprint density at radius 1 is 1.17 bits per heavy atom. The van der Waals surface area contributed by atoms with Crippen molar-refractivity contribution < 1.29 is 9.59 Å². The van der Waals surface area contributed by atoms with Gasteiger partial charge in [0.15, 0.2) is 0 Å². The fraction of sp³-hybridized carbons (Fsp3) is 0.381. The van der Waals surface area contributed by atoms with Crippen LogP contribution in [0.5, 0.6) is 0 Å².